The first-order valence-electron chi connectivity index (χ1n) is 6.02. The van der Waals surface area contributed by atoms with E-state index >= 15 is 0 Å². The fourth-order valence-corrected chi connectivity index (χ4v) is 1.43. The molecule has 0 aliphatic heterocycles. The zero-order valence-corrected chi connectivity index (χ0v) is 11.4. The van der Waals surface area contributed by atoms with Crippen molar-refractivity contribution in [1.82, 2.24) is 0 Å². The van der Waals surface area contributed by atoms with Crippen molar-refractivity contribution in [2.75, 3.05) is 13.7 Å². The number of esters is 1. The molecule has 5 nitrogen and oxygen atoms in total. The van der Waals surface area contributed by atoms with Crippen LogP contribution in [0.25, 0.3) is 6.08 Å². The van der Waals surface area contributed by atoms with E-state index < -0.39 is 5.97 Å². The summed E-state index contributed by atoms with van der Waals surface area (Å²) in [5, 5.41) is 0. The van der Waals surface area contributed by atoms with Gasteiger partial charge in [0.05, 0.1) is 13.5 Å². The molecule has 0 saturated carbocycles. The Morgan fingerprint density at radius 3 is 2.55 bits per heavy atom. The smallest absolute Gasteiger partial charge is 0.343 e. The summed E-state index contributed by atoms with van der Waals surface area (Å²) >= 11 is 0. The maximum Gasteiger partial charge on any atom is 0.343 e. The van der Waals surface area contributed by atoms with Crippen molar-refractivity contribution in [3.63, 3.8) is 0 Å². The molecular weight excluding hydrogens is 260 g/mol. The lowest BCUT2D eigenvalue weighted by Gasteiger charge is -2.07. The monoisotopic (exact) mass is 276 g/mol. The molecule has 1 aromatic rings. The maximum absolute atomic E-state index is 11.4. The lowest BCUT2D eigenvalue weighted by Crippen LogP contribution is -2.12. The number of allylic oxidation sites excluding steroid dienone is 1. The molecule has 0 unspecified atom stereocenters. The fourth-order valence-electron chi connectivity index (χ4n) is 1.43. The van der Waals surface area contributed by atoms with Gasteiger partial charge in [0.1, 0.15) is 11.5 Å². The summed E-state index contributed by atoms with van der Waals surface area (Å²) in [6.07, 6.45) is 2.75. The van der Waals surface area contributed by atoms with Gasteiger partial charge in [-0.1, -0.05) is 18.2 Å². The summed E-state index contributed by atoms with van der Waals surface area (Å²) in [6, 6.07) is 6.95. The van der Waals surface area contributed by atoms with E-state index in [1.54, 1.807) is 30.3 Å². The third kappa shape index (κ3) is 5.48. The van der Waals surface area contributed by atoms with Crippen LogP contribution in [0, 0.1) is 0 Å². The first-order valence-corrected chi connectivity index (χ1v) is 6.02. The van der Waals surface area contributed by atoms with Gasteiger partial charge in [0, 0.05) is 5.56 Å². The second-order valence-electron chi connectivity index (χ2n) is 4.08. The first kappa shape index (κ1) is 15.6. The summed E-state index contributed by atoms with van der Waals surface area (Å²) in [5.41, 5.74) is 0.647. The number of carbonyl (C=O) groups excluding carboxylic acids is 3. The Balaban J connectivity index is 2.74. The van der Waals surface area contributed by atoms with Crippen LogP contribution in [0.5, 0.6) is 5.75 Å². The number of carbonyl (C=O) groups is 3. The van der Waals surface area contributed by atoms with Crippen molar-refractivity contribution in [3.8, 4) is 5.75 Å². The Morgan fingerprint density at radius 2 is 1.90 bits per heavy atom. The van der Waals surface area contributed by atoms with Crippen molar-refractivity contribution in [3.05, 3.63) is 35.9 Å². The Labute approximate surface area is 117 Å². The molecule has 0 spiro atoms. The zero-order valence-electron chi connectivity index (χ0n) is 11.4. The van der Waals surface area contributed by atoms with E-state index in [1.165, 1.54) is 20.1 Å². The van der Waals surface area contributed by atoms with Crippen LogP contribution in [-0.4, -0.2) is 31.3 Å². The topological polar surface area (TPSA) is 69.7 Å². The molecule has 20 heavy (non-hydrogen) atoms. The van der Waals surface area contributed by atoms with E-state index in [4.69, 9.17) is 4.74 Å². The minimum absolute atomic E-state index is 0.123. The second kappa shape index (κ2) is 7.89. The van der Waals surface area contributed by atoms with Crippen LogP contribution in [0.3, 0.4) is 0 Å². The molecule has 0 aliphatic rings. The highest BCUT2D eigenvalue weighted by Crippen LogP contribution is 2.19. The molecule has 106 valence electrons. The number of benzene rings is 1. The summed E-state index contributed by atoms with van der Waals surface area (Å²) in [7, 11) is 1.28. The van der Waals surface area contributed by atoms with Crippen LogP contribution in [0.2, 0.25) is 0 Å². The van der Waals surface area contributed by atoms with E-state index in [2.05, 4.69) is 4.74 Å². The molecule has 1 rings (SSSR count). The first-order chi connectivity index (χ1) is 9.52. The van der Waals surface area contributed by atoms with Gasteiger partial charge in [-0.15, -0.1) is 0 Å². The maximum atomic E-state index is 11.4. The fraction of sp³-hybridized carbons (Fsp3) is 0.267. The van der Waals surface area contributed by atoms with Crippen LogP contribution in [0.1, 0.15) is 18.9 Å². The van der Waals surface area contributed by atoms with Crippen LogP contribution in [0.4, 0.5) is 0 Å². The molecule has 0 amide bonds. The minimum Gasteiger partial charge on any atom is -0.481 e. The van der Waals surface area contributed by atoms with E-state index in [-0.39, 0.29) is 24.6 Å². The van der Waals surface area contributed by atoms with Crippen LogP contribution in [0.15, 0.2) is 30.3 Å². The quantitative estimate of drug-likeness (QED) is 0.431. The van der Waals surface area contributed by atoms with Crippen molar-refractivity contribution in [2.45, 2.75) is 13.3 Å². The van der Waals surface area contributed by atoms with Gasteiger partial charge in [-0.25, -0.2) is 4.79 Å². The Morgan fingerprint density at radius 1 is 1.20 bits per heavy atom. The van der Waals surface area contributed by atoms with Gasteiger partial charge in [0.2, 0.25) is 0 Å². The summed E-state index contributed by atoms with van der Waals surface area (Å²) in [4.78, 5) is 33.3. The zero-order chi connectivity index (χ0) is 15.0. The number of para-hydroxylation sites is 1. The number of rotatable bonds is 7. The van der Waals surface area contributed by atoms with Crippen molar-refractivity contribution >= 4 is 23.6 Å². The predicted octanol–water partition coefficient (Wildman–Crippen LogP) is 1.80. The van der Waals surface area contributed by atoms with Crippen LogP contribution >= 0.6 is 0 Å². The molecule has 1 aromatic carbocycles. The summed E-state index contributed by atoms with van der Waals surface area (Å²) < 4.78 is 9.78. The lowest BCUT2D eigenvalue weighted by atomic mass is 10.1. The van der Waals surface area contributed by atoms with Gasteiger partial charge in [0.15, 0.2) is 12.4 Å². The number of Topliss-reactive ketones (excluding diaryl/α,β-unsaturated/α-hetero) is 1. The average molecular weight is 276 g/mol. The van der Waals surface area contributed by atoms with Crippen LogP contribution in [-0.2, 0) is 19.1 Å². The molecule has 0 N–H and O–H groups in total. The SMILES string of the molecule is COC(=O)COc1ccccc1/C=C\C(=O)CC(C)=O. The molecular formula is C15H16O5. The molecule has 5 heteroatoms. The Bertz CT molecular complexity index is 531. The van der Waals surface area contributed by atoms with E-state index in [1.807, 2.05) is 0 Å². The minimum atomic E-state index is -0.489. The largest absolute Gasteiger partial charge is 0.481 e. The standard InChI is InChI=1S/C15H16O5/c1-11(16)9-13(17)8-7-12-5-3-4-6-14(12)20-10-15(18)19-2/h3-8H,9-10H2,1-2H3/b8-7-. The number of ether oxygens (including phenoxy) is 2. The van der Waals surface area contributed by atoms with Gasteiger partial charge in [-0.3, -0.25) is 9.59 Å². The van der Waals surface area contributed by atoms with Gasteiger partial charge < -0.3 is 9.47 Å². The van der Waals surface area contributed by atoms with Gasteiger partial charge in [-0.05, 0) is 25.1 Å². The normalized spacial score (nSPS) is 10.3. The lowest BCUT2D eigenvalue weighted by molar-refractivity contribution is -0.143. The van der Waals surface area contributed by atoms with E-state index in [0.29, 0.717) is 11.3 Å². The molecule has 0 saturated heterocycles. The third-order valence-corrected chi connectivity index (χ3v) is 2.36. The van der Waals surface area contributed by atoms with Crippen molar-refractivity contribution in [2.24, 2.45) is 0 Å². The average Bonchev–Trinajstić information content (AvgIpc) is 2.42. The highest BCUT2D eigenvalue weighted by molar-refractivity contribution is 6.05. The molecule has 0 aromatic heterocycles. The van der Waals surface area contributed by atoms with E-state index in [9.17, 15) is 14.4 Å². The Kier molecular flexibility index (Phi) is 6.16. The van der Waals surface area contributed by atoms with E-state index in [0.717, 1.165) is 0 Å². The number of hydrogen-bond acceptors (Lipinski definition) is 5. The van der Waals surface area contributed by atoms with Crippen molar-refractivity contribution in [1.29, 1.82) is 0 Å². The molecule has 0 atom stereocenters. The number of methoxy groups -OCH3 is 1. The molecule has 0 aliphatic carbocycles. The van der Waals surface area contributed by atoms with Gasteiger partial charge >= 0.3 is 5.97 Å². The molecule has 0 heterocycles. The summed E-state index contributed by atoms with van der Waals surface area (Å²) in [5.74, 6) is -0.489. The second-order valence-corrected chi connectivity index (χ2v) is 4.08. The Hall–Kier alpha value is -2.43. The highest BCUT2D eigenvalue weighted by Gasteiger charge is 2.05. The highest BCUT2D eigenvalue weighted by atomic mass is 16.6. The predicted molar refractivity (Wildman–Crippen MR) is 73.3 cm³/mol. The third-order valence-electron chi connectivity index (χ3n) is 2.36. The number of hydrogen-bond donors (Lipinski definition) is 0. The van der Waals surface area contributed by atoms with Crippen LogP contribution < -0.4 is 4.74 Å². The molecule has 0 fully saturated rings. The van der Waals surface area contributed by atoms with Gasteiger partial charge in [0.25, 0.3) is 0 Å². The summed E-state index contributed by atoms with van der Waals surface area (Å²) in [6.45, 7) is 1.15. The molecule has 0 bridgehead atoms. The van der Waals surface area contributed by atoms with Crippen molar-refractivity contribution < 1.29 is 23.9 Å². The molecule has 0 radical (unpaired) electrons. The number of ketones is 2. The van der Waals surface area contributed by atoms with Gasteiger partial charge in [-0.2, -0.15) is 0 Å².